The molecule has 0 spiro atoms. The van der Waals surface area contributed by atoms with E-state index in [0.29, 0.717) is 46.4 Å². The molecule has 0 N–H and O–H groups in total. The van der Waals surface area contributed by atoms with Gasteiger partial charge in [0.05, 0.1) is 23.6 Å². The maximum Gasteiger partial charge on any atom is 0.295 e. The first-order valence-electron chi connectivity index (χ1n) is 12.6. The van der Waals surface area contributed by atoms with Crippen molar-refractivity contribution < 1.29 is 18.7 Å². The molecule has 6 nitrogen and oxygen atoms in total. The summed E-state index contributed by atoms with van der Waals surface area (Å²) >= 11 is 6.21. The lowest BCUT2D eigenvalue weighted by atomic mass is 9.98. The van der Waals surface area contributed by atoms with E-state index in [-0.39, 0.29) is 16.8 Å². The van der Waals surface area contributed by atoms with Crippen molar-refractivity contribution in [2.24, 2.45) is 0 Å². The van der Waals surface area contributed by atoms with Gasteiger partial charge < -0.3 is 13.9 Å². The summed E-state index contributed by atoms with van der Waals surface area (Å²) in [4.78, 5) is 29.3. The standard InChI is InChI=1S/C32H24ClNO5/c1-2-37-24-14-12-23(13-15-24)34-29(21-9-6-10-25(17-21)38-19-20-7-4-3-5-8-20)28-30(35)26-18-22(33)11-16-27(26)39-31(28)32(34)36/h3-18,29H,2,19H2,1H3. The van der Waals surface area contributed by atoms with Gasteiger partial charge in [-0.2, -0.15) is 0 Å². The molecule has 1 aromatic heterocycles. The van der Waals surface area contributed by atoms with Gasteiger partial charge in [0.15, 0.2) is 5.43 Å². The number of anilines is 1. The highest BCUT2D eigenvalue weighted by Crippen LogP contribution is 2.42. The zero-order chi connectivity index (χ0) is 26.9. The molecule has 0 bridgehead atoms. The van der Waals surface area contributed by atoms with Crippen molar-refractivity contribution in [3.63, 3.8) is 0 Å². The van der Waals surface area contributed by atoms with Crippen molar-refractivity contribution in [2.45, 2.75) is 19.6 Å². The molecular weight excluding hydrogens is 514 g/mol. The molecule has 0 fully saturated rings. The Kier molecular flexibility index (Phi) is 6.55. The summed E-state index contributed by atoms with van der Waals surface area (Å²) in [6, 6.07) is 28.6. The second-order valence-electron chi connectivity index (χ2n) is 9.17. The van der Waals surface area contributed by atoms with Gasteiger partial charge in [-0.15, -0.1) is 0 Å². The third kappa shape index (κ3) is 4.64. The fraction of sp³-hybridized carbons (Fsp3) is 0.125. The largest absolute Gasteiger partial charge is 0.494 e. The fourth-order valence-electron chi connectivity index (χ4n) is 4.91. The maximum absolute atomic E-state index is 13.9. The van der Waals surface area contributed by atoms with E-state index in [2.05, 4.69) is 0 Å². The molecule has 1 amide bonds. The Morgan fingerprint density at radius 2 is 1.64 bits per heavy atom. The summed E-state index contributed by atoms with van der Waals surface area (Å²) < 4.78 is 17.7. The Morgan fingerprint density at radius 1 is 0.846 bits per heavy atom. The lowest BCUT2D eigenvalue weighted by Crippen LogP contribution is -2.29. The highest BCUT2D eigenvalue weighted by Gasteiger charge is 2.43. The number of hydrogen-bond acceptors (Lipinski definition) is 5. The molecule has 1 aliphatic rings. The number of amides is 1. The van der Waals surface area contributed by atoms with E-state index in [0.717, 1.165) is 11.1 Å². The molecule has 0 saturated carbocycles. The number of ether oxygens (including phenoxy) is 2. The number of benzene rings is 4. The van der Waals surface area contributed by atoms with E-state index in [4.69, 9.17) is 25.5 Å². The normalized spacial score (nSPS) is 14.5. The van der Waals surface area contributed by atoms with Crippen LogP contribution in [0, 0.1) is 0 Å². The number of carbonyl (C=O) groups is 1. The second kappa shape index (κ2) is 10.3. The molecule has 1 unspecified atom stereocenters. The Bertz CT molecular complexity index is 1730. The van der Waals surface area contributed by atoms with Crippen molar-refractivity contribution in [3.8, 4) is 11.5 Å². The van der Waals surface area contributed by atoms with Gasteiger partial charge in [0.25, 0.3) is 5.91 Å². The van der Waals surface area contributed by atoms with Crippen molar-refractivity contribution in [2.75, 3.05) is 11.5 Å². The predicted molar refractivity (Wildman–Crippen MR) is 151 cm³/mol. The van der Waals surface area contributed by atoms with Gasteiger partial charge in [-0.1, -0.05) is 54.1 Å². The summed E-state index contributed by atoms with van der Waals surface area (Å²) in [5.41, 5.74) is 2.64. The Balaban J connectivity index is 1.47. The van der Waals surface area contributed by atoms with Gasteiger partial charge in [-0.25, -0.2) is 0 Å². The average molecular weight is 538 g/mol. The lowest BCUT2D eigenvalue weighted by molar-refractivity contribution is 0.0971. The monoisotopic (exact) mass is 537 g/mol. The fourth-order valence-corrected chi connectivity index (χ4v) is 5.08. The molecule has 2 heterocycles. The van der Waals surface area contributed by atoms with Crippen LogP contribution < -0.4 is 19.8 Å². The maximum atomic E-state index is 13.9. The summed E-state index contributed by atoms with van der Waals surface area (Å²) in [7, 11) is 0. The molecule has 6 rings (SSSR count). The minimum absolute atomic E-state index is 0.0179. The first-order chi connectivity index (χ1) is 19.0. The quantitative estimate of drug-likeness (QED) is 0.220. The summed E-state index contributed by atoms with van der Waals surface area (Å²) in [6.07, 6.45) is 0. The predicted octanol–water partition coefficient (Wildman–Crippen LogP) is 7.17. The van der Waals surface area contributed by atoms with Crippen LogP contribution in [0.25, 0.3) is 11.0 Å². The number of fused-ring (bicyclic) bond motifs is 2. The molecule has 39 heavy (non-hydrogen) atoms. The SMILES string of the molecule is CCOc1ccc(N2C(=O)c3oc4ccc(Cl)cc4c(=O)c3C2c2cccc(OCc3ccccc3)c2)cc1. The zero-order valence-corrected chi connectivity index (χ0v) is 21.9. The van der Waals surface area contributed by atoms with E-state index in [1.54, 1.807) is 47.4 Å². The smallest absolute Gasteiger partial charge is 0.295 e. The molecule has 1 aliphatic heterocycles. The van der Waals surface area contributed by atoms with Crippen LogP contribution in [0.2, 0.25) is 5.02 Å². The van der Waals surface area contributed by atoms with Crippen LogP contribution in [0.4, 0.5) is 5.69 Å². The minimum Gasteiger partial charge on any atom is -0.494 e. The Labute approximate surface area is 230 Å². The first-order valence-corrected chi connectivity index (χ1v) is 13.0. The lowest BCUT2D eigenvalue weighted by Gasteiger charge is -2.25. The molecule has 5 aromatic rings. The molecule has 0 radical (unpaired) electrons. The minimum atomic E-state index is -0.731. The van der Waals surface area contributed by atoms with Crippen LogP contribution in [-0.4, -0.2) is 12.5 Å². The van der Waals surface area contributed by atoms with Crippen molar-refractivity contribution in [1.82, 2.24) is 0 Å². The van der Waals surface area contributed by atoms with Gasteiger partial charge in [-0.3, -0.25) is 14.5 Å². The van der Waals surface area contributed by atoms with Crippen LogP contribution in [-0.2, 0) is 6.61 Å². The van der Waals surface area contributed by atoms with Crippen LogP contribution in [0.1, 0.15) is 40.2 Å². The summed E-state index contributed by atoms with van der Waals surface area (Å²) in [5.74, 6) is 0.929. The highest BCUT2D eigenvalue weighted by atomic mass is 35.5. The third-order valence-corrected chi connectivity index (χ3v) is 6.92. The van der Waals surface area contributed by atoms with E-state index in [1.165, 1.54) is 0 Å². The second-order valence-corrected chi connectivity index (χ2v) is 9.60. The van der Waals surface area contributed by atoms with Crippen LogP contribution in [0.15, 0.2) is 106 Å². The topological polar surface area (TPSA) is 69.0 Å². The molecule has 194 valence electrons. The van der Waals surface area contributed by atoms with Crippen molar-refractivity contribution >= 4 is 34.2 Å². The number of halogens is 1. The molecular formula is C32H24ClNO5. The first kappa shape index (κ1) is 24.8. The van der Waals surface area contributed by atoms with Crippen LogP contribution in [0.5, 0.6) is 11.5 Å². The molecule has 1 atom stereocenters. The molecule has 7 heteroatoms. The van der Waals surface area contributed by atoms with E-state index < -0.39 is 11.9 Å². The summed E-state index contributed by atoms with van der Waals surface area (Å²) in [5, 5.41) is 0.736. The van der Waals surface area contributed by atoms with Gasteiger partial charge >= 0.3 is 0 Å². The van der Waals surface area contributed by atoms with E-state index in [1.807, 2.05) is 61.5 Å². The number of rotatable bonds is 7. The molecule has 0 saturated heterocycles. The van der Waals surface area contributed by atoms with Crippen LogP contribution >= 0.6 is 11.6 Å². The molecule has 0 aliphatic carbocycles. The number of carbonyl (C=O) groups excluding carboxylic acids is 1. The van der Waals surface area contributed by atoms with Crippen molar-refractivity contribution in [1.29, 1.82) is 0 Å². The third-order valence-electron chi connectivity index (χ3n) is 6.68. The Morgan fingerprint density at radius 3 is 2.41 bits per heavy atom. The zero-order valence-electron chi connectivity index (χ0n) is 21.1. The van der Waals surface area contributed by atoms with E-state index in [9.17, 15) is 9.59 Å². The molecule has 4 aromatic carbocycles. The number of hydrogen-bond donors (Lipinski definition) is 0. The average Bonchev–Trinajstić information content (AvgIpc) is 3.26. The van der Waals surface area contributed by atoms with Crippen LogP contribution in [0.3, 0.4) is 0 Å². The Hall–Kier alpha value is -4.55. The van der Waals surface area contributed by atoms with Gasteiger partial charge in [-0.05, 0) is 72.6 Å². The van der Waals surface area contributed by atoms with Crippen molar-refractivity contribution in [3.05, 3.63) is 135 Å². The van der Waals surface area contributed by atoms with Gasteiger partial charge in [0.2, 0.25) is 5.76 Å². The summed E-state index contributed by atoms with van der Waals surface area (Å²) in [6.45, 7) is 2.82. The number of nitrogens with zero attached hydrogens (tertiary/aromatic N) is 1. The highest BCUT2D eigenvalue weighted by molar-refractivity contribution is 6.31. The van der Waals surface area contributed by atoms with Gasteiger partial charge in [0.1, 0.15) is 23.7 Å². The van der Waals surface area contributed by atoms with Gasteiger partial charge in [0, 0.05) is 10.7 Å². The van der Waals surface area contributed by atoms with E-state index >= 15 is 0 Å².